The van der Waals surface area contributed by atoms with E-state index in [-0.39, 0.29) is 6.04 Å². The zero-order valence-corrected chi connectivity index (χ0v) is 3.91. The molecule has 3 heteroatoms. The van der Waals surface area contributed by atoms with E-state index in [2.05, 4.69) is 9.98 Å². The van der Waals surface area contributed by atoms with E-state index in [1.165, 1.54) is 6.34 Å². The molecule has 1 unspecified atom stereocenters. The van der Waals surface area contributed by atoms with Crippen molar-refractivity contribution in [3.05, 3.63) is 0 Å². The Kier molecular flexibility index (Phi) is 1.17. The maximum atomic E-state index is 5.37. The van der Waals surface area contributed by atoms with Crippen molar-refractivity contribution in [3.8, 4) is 0 Å². The summed E-state index contributed by atoms with van der Waals surface area (Å²) in [7, 11) is 0. The van der Waals surface area contributed by atoms with Crippen LogP contribution in [0.2, 0.25) is 0 Å². The Bertz CT molecular complexity index is 106. The lowest BCUT2D eigenvalue weighted by molar-refractivity contribution is 0.869. The third kappa shape index (κ3) is 1.08. The summed E-state index contributed by atoms with van der Waals surface area (Å²) in [5, 5.41) is 0. The molecule has 0 radical (unpaired) electrons. The quantitative estimate of drug-likeness (QED) is 0.432. The molecule has 0 spiro atoms. The summed E-state index contributed by atoms with van der Waals surface area (Å²) in [6, 6.07) is 0.0463. The molecule has 1 rings (SSSR count). The molecular weight excluding hydrogens is 90.1 g/mol. The maximum absolute atomic E-state index is 5.37. The normalized spacial score (nSPS) is 28.4. The minimum absolute atomic E-state index is 0.0463. The molecule has 0 aromatic rings. The Morgan fingerprint density at radius 2 is 2.57 bits per heavy atom. The predicted octanol–water partition coefficient (Wildman–Crippen LogP) is -0.574. The second-order valence-corrected chi connectivity index (χ2v) is 1.44. The van der Waals surface area contributed by atoms with Crippen LogP contribution < -0.4 is 5.73 Å². The smallest absolute Gasteiger partial charge is 0.109 e. The van der Waals surface area contributed by atoms with Crippen molar-refractivity contribution >= 4 is 12.6 Å². The highest BCUT2D eigenvalue weighted by Crippen LogP contribution is 1.80. The summed E-state index contributed by atoms with van der Waals surface area (Å²) in [5.74, 6) is 0. The van der Waals surface area contributed by atoms with Gasteiger partial charge in [0.05, 0.1) is 12.6 Å². The molecule has 0 fully saturated rings. The van der Waals surface area contributed by atoms with Gasteiger partial charge in [0.2, 0.25) is 0 Å². The second kappa shape index (κ2) is 1.84. The first-order valence-electron chi connectivity index (χ1n) is 2.17. The minimum atomic E-state index is 0.0463. The largest absolute Gasteiger partial charge is 0.322 e. The van der Waals surface area contributed by atoms with Crippen molar-refractivity contribution in [1.82, 2.24) is 0 Å². The molecular formula is C4H7N3. The Morgan fingerprint density at radius 1 is 1.71 bits per heavy atom. The van der Waals surface area contributed by atoms with Crippen LogP contribution in [-0.2, 0) is 0 Å². The van der Waals surface area contributed by atoms with Crippen LogP contribution in [0.5, 0.6) is 0 Å². The van der Waals surface area contributed by atoms with E-state index >= 15 is 0 Å². The highest BCUT2D eigenvalue weighted by atomic mass is 14.9. The Balaban J connectivity index is 2.49. The average Bonchev–Trinajstić information content (AvgIpc) is 1.69. The lowest BCUT2D eigenvalue weighted by atomic mass is 10.3. The summed E-state index contributed by atoms with van der Waals surface area (Å²) >= 11 is 0. The van der Waals surface area contributed by atoms with Crippen LogP contribution >= 0.6 is 0 Å². The van der Waals surface area contributed by atoms with Crippen molar-refractivity contribution in [2.75, 3.05) is 6.54 Å². The zero-order chi connectivity index (χ0) is 5.11. The molecule has 0 saturated carbocycles. The van der Waals surface area contributed by atoms with Crippen molar-refractivity contribution < 1.29 is 0 Å². The Hall–Kier alpha value is -0.700. The topological polar surface area (TPSA) is 50.7 Å². The second-order valence-electron chi connectivity index (χ2n) is 1.44. The van der Waals surface area contributed by atoms with Gasteiger partial charge in [-0.1, -0.05) is 0 Å². The molecule has 0 saturated heterocycles. The lowest BCUT2D eigenvalue weighted by Gasteiger charge is -2.01. The zero-order valence-electron chi connectivity index (χ0n) is 3.91. The molecule has 1 heterocycles. The van der Waals surface area contributed by atoms with E-state index in [9.17, 15) is 0 Å². The molecule has 3 nitrogen and oxygen atoms in total. The van der Waals surface area contributed by atoms with Crippen LogP contribution in [0.1, 0.15) is 0 Å². The monoisotopic (exact) mass is 97.1 g/mol. The summed E-state index contributed by atoms with van der Waals surface area (Å²) < 4.78 is 0. The van der Waals surface area contributed by atoms with E-state index in [0.717, 1.165) is 0 Å². The first-order chi connectivity index (χ1) is 3.39. The highest BCUT2D eigenvalue weighted by Gasteiger charge is 1.95. The van der Waals surface area contributed by atoms with E-state index in [4.69, 9.17) is 5.73 Å². The van der Waals surface area contributed by atoms with Gasteiger partial charge in [-0.05, 0) is 0 Å². The number of nitrogens with two attached hydrogens (primary N) is 1. The Morgan fingerprint density at radius 3 is 2.86 bits per heavy atom. The SMILES string of the molecule is NC1C=NC=NC1. The van der Waals surface area contributed by atoms with E-state index in [1.807, 2.05) is 0 Å². The number of hydrogen-bond acceptors (Lipinski definition) is 3. The number of hydrogen-bond donors (Lipinski definition) is 1. The van der Waals surface area contributed by atoms with Crippen LogP contribution in [0.3, 0.4) is 0 Å². The van der Waals surface area contributed by atoms with Gasteiger partial charge in [0.1, 0.15) is 6.34 Å². The average molecular weight is 97.1 g/mol. The van der Waals surface area contributed by atoms with Crippen molar-refractivity contribution in [2.24, 2.45) is 15.7 Å². The first-order valence-corrected chi connectivity index (χ1v) is 2.17. The molecule has 1 atom stereocenters. The van der Waals surface area contributed by atoms with Gasteiger partial charge in [0, 0.05) is 6.21 Å². The molecule has 0 amide bonds. The summed E-state index contributed by atoms with van der Waals surface area (Å²) in [6.45, 7) is 0.684. The molecule has 0 aromatic heterocycles. The van der Waals surface area contributed by atoms with Gasteiger partial charge in [0.15, 0.2) is 0 Å². The summed E-state index contributed by atoms with van der Waals surface area (Å²) in [6.07, 6.45) is 3.20. The number of aliphatic imine (C=N–C) groups is 2. The van der Waals surface area contributed by atoms with E-state index in [1.54, 1.807) is 6.21 Å². The molecule has 0 bridgehead atoms. The first kappa shape index (κ1) is 4.46. The third-order valence-electron chi connectivity index (χ3n) is 0.742. The molecule has 2 N–H and O–H groups in total. The predicted molar refractivity (Wildman–Crippen MR) is 29.8 cm³/mol. The summed E-state index contributed by atoms with van der Waals surface area (Å²) in [5.41, 5.74) is 5.37. The van der Waals surface area contributed by atoms with Gasteiger partial charge in [-0.3, -0.25) is 4.99 Å². The fourth-order valence-corrected chi connectivity index (χ4v) is 0.412. The van der Waals surface area contributed by atoms with Gasteiger partial charge in [0.25, 0.3) is 0 Å². The number of rotatable bonds is 0. The Labute approximate surface area is 42.0 Å². The fraction of sp³-hybridized carbons (Fsp3) is 0.500. The van der Waals surface area contributed by atoms with Gasteiger partial charge >= 0.3 is 0 Å². The van der Waals surface area contributed by atoms with Gasteiger partial charge < -0.3 is 5.73 Å². The van der Waals surface area contributed by atoms with Crippen LogP contribution in [-0.4, -0.2) is 25.1 Å². The molecule has 1 aliphatic rings. The lowest BCUT2D eigenvalue weighted by Crippen LogP contribution is -2.26. The molecule has 1 aliphatic heterocycles. The van der Waals surface area contributed by atoms with Crippen LogP contribution in [0.15, 0.2) is 9.98 Å². The minimum Gasteiger partial charge on any atom is -0.322 e. The summed E-state index contributed by atoms with van der Waals surface area (Å²) in [4.78, 5) is 7.53. The number of nitrogens with zero attached hydrogens (tertiary/aromatic N) is 2. The van der Waals surface area contributed by atoms with Crippen molar-refractivity contribution in [3.63, 3.8) is 0 Å². The third-order valence-corrected chi connectivity index (χ3v) is 0.742. The van der Waals surface area contributed by atoms with Gasteiger partial charge in [-0.15, -0.1) is 0 Å². The van der Waals surface area contributed by atoms with Crippen LogP contribution in [0.4, 0.5) is 0 Å². The van der Waals surface area contributed by atoms with Crippen molar-refractivity contribution in [2.45, 2.75) is 6.04 Å². The molecule has 7 heavy (non-hydrogen) atoms. The van der Waals surface area contributed by atoms with Crippen LogP contribution in [0, 0.1) is 0 Å². The van der Waals surface area contributed by atoms with Gasteiger partial charge in [-0.2, -0.15) is 0 Å². The maximum Gasteiger partial charge on any atom is 0.109 e. The van der Waals surface area contributed by atoms with E-state index in [0.29, 0.717) is 6.54 Å². The molecule has 0 aromatic carbocycles. The van der Waals surface area contributed by atoms with Gasteiger partial charge in [-0.25, -0.2) is 4.99 Å². The molecule has 0 aliphatic carbocycles. The highest BCUT2D eigenvalue weighted by molar-refractivity contribution is 5.78. The standard InChI is InChI=1S/C4H7N3/c5-4-1-6-3-7-2-4/h1,3-4H,2,5H2. The van der Waals surface area contributed by atoms with E-state index < -0.39 is 0 Å². The van der Waals surface area contributed by atoms with Crippen LogP contribution in [0.25, 0.3) is 0 Å². The fourth-order valence-electron chi connectivity index (χ4n) is 0.412. The van der Waals surface area contributed by atoms with Crippen molar-refractivity contribution in [1.29, 1.82) is 0 Å². The molecule has 38 valence electrons.